The molecule has 0 saturated heterocycles. The van der Waals surface area contributed by atoms with Crippen molar-refractivity contribution in [1.29, 1.82) is 0 Å². The Bertz CT molecular complexity index is 1110. The van der Waals surface area contributed by atoms with E-state index in [-0.39, 0.29) is 30.5 Å². The van der Waals surface area contributed by atoms with Gasteiger partial charge in [0, 0.05) is 24.9 Å². The number of hydrogen-bond donors (Lipinski definition) is 1. The molecule has 1 heterocycles. The van der Waals surface area contributed by atoms with Crippen LogP contribution in [0.15, 0.2) is 36.4 Å². The van der Waals surface area contributed by atoms with E-state index in [4.69, 9.17) is 4.74 Å². The zero-order chi connectivity index (χ0) is 23.7. The highest BCUT2D eigenvalue weighted by Gasteiger charge is 2.34. The Kier molecular flexibility index (Phi) is 6.89. The first-order valence-electron chi connectivity index (χ1n) is 11.0. The Morgan fingerprint density at radius 1 is 1.19 bits per heavy atom. The van der Waals surface area contributed by atoms with Crippen molar-refractivity contribution >= 4 is 21.6 Å². The van der Waals surface area contributed by atoms with Gasteiger partial charge in [0.2, 0.25) is 15.9 Å². The van der Waals surface area contributed by atoms with E-state index in [1.165, 1.54) is 10.6 Å². The van der Waals surface area contributed by atoms with Gasteiger partial charge in [-0.05, 0) is 69.9 Å². The number of anilines is 1. The number of carbonyl (C=O) groups excluding carboxylic acids is 1. The van der Waals surface area contributed by atoms with Gasteiger partial charge in [-0.3, -0.25) is 9.10 Å². The summed E-state index contributed by atoms with van der Waals surface area (Å²) in [5.74, 6) is 0.721. The summed E-state index contributed by atoms with van der Waals surface area (Å²) >= 11 is 0. The fraction of sp³-hybridized carbons (Fsp3) is 0.480. The van der Waals surface area contributed by atoms with Crippen molar-refractivity contribution in [2.75, 3.05) is 17.1 Å². The van der Waals surface area contributed by atoms with Crippen molar-refractivity contribution in [2.45, 2.75) is 65.5 Å². The lowest BCUT2D eigenvalue weighted by atomic mass is 9.89. The maximum atomic E-state index is 12.8. The molecule has 1 aliphatic rings. The van der Waals surface area contributed by atoms with E-state index in [1.807, 2.05) is 71.0 Å². The van der Waals surface area contributed by atoms with Gasteiger partial charge in [-0.2, -0.15) is 0 Å². The molecule has 0 saturated carbocycles. The maximum absolute atomic E-state index is 12.8. The molecule has 0 unspecified atom stereocenters. The molecule has 0 aromatic heterocycles. The summed E-state index contributed by atoms with van der Waals surface area (Å²) in [6.07, 6.45) is 2.56. The van der Waals surface area contributed by atoms with Crippen LogP contribution in [0.2, 0.25) is 0 Å². The van der Waals surface area contributed by atoms with E-state index in [0.29, 0.717) is 18.5 Å². The average molecular weight is 459 g/mol. The Morgan fingerprint density at radius 2 is 1.91 bits per heavy atom. The maximum Gasteiger partial charge on any atom is 0.232 e. The van der Waals surface area contributed by atoms with Gasteiger partial charge in [-0.1, -0.05) is 24.3 Å². The monoisotopic (exact) mass is 458 g/mol. The van der Waals surface area contributed by atoms with E-state index in [2.05, 4.69) is 5.32 Å². The van der Waals surface area contributed by atoms with Crippen LogP contribution in [0.4, 0.5) is 5.69 Å². The van der Waals surface area contributed by atoms with Crippen LogP contribution in [-0.4, -0.2) is 32.7 Å². The lowest BCUT2D eigenvalue weighted by Crippen LogP contribution is -2.41. The minimum atomic E-state index is -3.46. The summed E-state index contributed by atoms with van der Waals surface area (Å²) in [7, 11) is -3.46. The van der Waals surface area contributed by atoms with Crippen molar-refractivity contribution in [3.63, 3.8) is 0 Å². The Balaban J connectivity index is 1.67. The van der Waals surface area contributed by atoms with Gasteiger partial charge < -0.3 is 10.1 Å². The number of ether oxygens (including phenoxy) is 1. The number of nitrogens with one attached hydrogen (secondary N) is 1. The normalized spacial score (nSPS) is 17.2. The zero-order valence-electron chi connectivity index (χ0n) is 19.9. The van der Waals surface area contributed by atoms with Crippen molar-refractivity contribution in [3.05, 3.63) is 58.7 Å². The van der Waals surface area contributed by atoms with Gasteiger partial charge in [-0.15, -0.1) is 0 Å². The number of nitrogens with zero attached hydrogens (tertiary/aromatic N) is 1. The Morgan fingerprint density at radius 3 is 2.59 bits per heavy atom. The summed E-state index contributed by atoms with van der Waals surface area (Å²) in [5.41, 5.74) is 4.34. The molecule has 0 fully saturated rings. The van der Waals surface area contributed by atoms with Crippen LogP contribution in [-0.2, 0) is 14.8 Å². The molecular formula is C25H34N2O4S. The first kappa shape index (κ1) is 24.1. The first-order valence-corrected chi connectivity index (χ1v) is 12.8. The summed E-state index contributed by atoms with van der Waals surface area (Å²) in [6, 6.07) is 11.5. The lowest BCUT2D eigenvalue weighted by Gasteiger charge is -2.38. The largest absolute Gasteiger partial charge is 0.487 e. The highest BCUT2D eigenvalue weighted by atomic mass is 32.2. The number of fused-ring (bicyclic) bond motifs is 1. The molecule has 1 N–H and O–H groups in total. The third kappa shape index (κ3) is 5.63. The lowest BCUT2D eigenvalue weighted by molar-refractivity contribution is -0.122. The van der Waals surface area contributed by atoms with Crippen LogP contribution in [0.3, 0.4) is 0 Å². The predicted octanol–water partition coefficient (Wildman–Crippen LogP) is 4.58. The molecule has 174 valence electrons. The number of aryl methyl sites for hydroxylation is 2. The molecule has 3 rings (SSSR count). The molecule has 7 heteroatoms. The van der Waals surface area contributed by atoms with Gasteiger partial charge in [0.05, 0.1) is 18.0 Å². The highest BCUT2D eigenvalue weighted by molar-refractivity contribution is 7.92. The molecule has 0 spiro atoms. The van der Waals surface area contributed by atoms with Crippen molar-refractivity contribution in [1.82, 2.24) is 5.32 Å². The first-order chi connectivity index (χ1) is 14.9. The standard InChI is InChI=1S/C25H34N2O4S/c1-17-12-13-20-21(16-25(4,5)31-23(20)15-17)26-24(28)11-8-14-27(32(6,29)30)22-10-7-9-18(2)19(22)3/h7,9-10,12-13,15,21H,8,11,14,16H2,1-6H3,(H,26,28)/t21-/m0/s1. The van der Waals surface area contributed by atoms with E-state index in [1.54, 1.807) is 0 Å². The van der Waals surface area contributed by atoms with Crippen molar-refractivity contribution < 1.29 is 17.9 Å². The number of hydrogen-bond acceptors (Lipinski definition) is 4. The topological polar surface area (TPSA) is 75.7 Å². The molecule has 1 aliphatic heterocycles. The second kappa shape index (κ2) is 9.14. The van der Waals surface area contributed by atoms with Crippen LogP contribution in [0.5, 0.6) is 5.75 Å². The third-order valence-corrected chi connectivity index (χ3v) is 7.15. The Hall–Kier alpha value is -2.54. The van der Waals surface area contributed by atoms with Crippen LogP contribution < -0.4 is 14.4 Å². The minimum Gasteiger partial charge on any atom is -0.487 e. The second-order valence-corrected chi connectivity index (χ2v) is 11.3. The number of carbonyl (C=O) groups is 1. The fourth-order valence-electron chi connectivity index (χ4n) is 4.21. The van der Waals surface area contributed by atoms with E-state index in [9.17, 15) is 13.2 Å². The van der Waals surface area contributed by atoms with Gasteiger partial charge >= 0.3 is 0 Å². The van der Waals surface area contributed by atoms with Crippen LogP contribution in [0.25, 0.3) is 0 Å². The van der Waals surface area contributed by atoms with Gasteiger partial charge in [0.15, 0.2) is 0 Å². The zero-order valence-corrected chi connectivity index (χ0v) is 20.7. The summed E-state index contributed by atoms with van der Waals surface area (Å²) in [4.78, 5) is 12.8. The number of rotatable bonds is 7. The number of sulfonamides is 1. The summed E-state index contributed by atoms with van der Waals surface area (Å²) in [5, 5.41) is 3.14. The van der Waals surface area contributed by atoms with Crippen molar-refractivity contribution in [3.8, 4) is 5.75 Å². The van der Waals surface area contributed by atoms with Crippen molar-refractivity contribution in [2.24, 2.45) is 0 Å². The van der Waals surface area contributed by atoms with Gasteiger partial charge in [0.1, 0.15) is 11.4 Å². The summed E-state index contributed by atoms with van der Waals surface area (Å²) in [6.45, 7) is 10.2. The molecule has 2 aromatic rings. The minimum absolute atomic E-state index is 0.0892. The number of benzene rings is 2. The molecule has 0 radical (unpaired) electrons. The third-order valence-electron chi connectivity index (χ3n) is 5.97. The smallest absolute Gasteiger partial charge is 0.232 e. The molecule has 6 nitrogen and oxygen atoms in total. The molecule has 0 bridgehead atoms. The molecule has 32 heavy (non-hydrogen) atoms. The van der Waals surface area contributed by atoms with E-state index < -0.39 is 10.0 Å². The number of amides is 1. The molecule has 2 aromatic carbocycles. The van der Waals surface area contributed by atoms with Crippen LogP contribution in [0.1, 0.15) is 61.4 Å². The average Bonchev–Trinajstić information content (AvgIpc) is 2.65. The molecule has 1 atom stereocenters. The molecule has 0 aliphatic carbocycles. The second-order valence-electron chi connectivity index (χ2n) is 9.38. The highest BCUT2D eigenvalue weighted by Crippen LogP contribution is 2.40. The predicted molar refractivity (Wildman–Crippen MR) is 129 cm³/mol. The van der Waals surface area contributed by atoms with Gasteiger partial charge in [-0.25, -0.2) is 8.42 Å². The van der Waals surface area contributed by atoms with Crippen LogP contribution >= 0.6 is 0 Å². The van der Waals surface area contributed by atoms with E-state index >= 15 is 0 Å². The fourth-order valence-corrected chi connectivity index (χ4v) is 5.22. The summed E-state index contributed by atoms with van der Waals surface area (Å²) < 4.78 is 32.4. The van der Waals surface area contributed by atoms with Crippen LogP contribution in [0, 0.1) is 20.8 Å². The molecular weight excluding hydrogens is 424 g/mol. The van der Waals surface area contributed by atoms with E-state index in [0.717, 1.165) is 28.0 Å². The van der Waals surface area contributed by atoms with Gasteiger partial charge in [0.25, 0.3) is 0 Å². The SMILES string of the molecule is Cc1ccc2c(c1)OC(C)(C)C[C@@H]2NC(=O)CCCN(c1cccc(C)c1C)S(C)(=O)=O. The molecule has 1 amide bonds. The quantitative estimate of drug-likeness (QED) is 0.659. The Labute approximate surface area is 192 Å².